The normalized spacial score (nSPS) is 19.9. The van der Waals surface area contributed by atoms with Crippen molar-refractivity contribution in [2.24, 2.45) is 5.41 Å². The molecule has 1 aliphatic heterocycles. The quantitative estimate of drug-likeness (QED) is 0.577. The minimum absolute atomic E-state index is 0.0610. The lowest BCUT2D eigenvalue weighted by atomic mass is 9.92. The van der Waals surface area contributed by atoms with E-state index in [1.165, 1.54) is 39.1 Å². The summed E-state index contributed by atoms with van der Waals surface area (Å²) in [4.78, 5) is 5.10. The Bertz CT molecular complexity index is 247. The van der Waals surface area contributed by atoms with Crippen LogP contribution in [0.4, 0.5) is 0 Å². The molecule has 4 heteroatoms. The van der Waals surface area contributed by atoms with Crippen molar-refractivity contribution < 1.29 is 0 Å². The highest BCUT2D eigenvalue weighted by Gasteiger charge is 2.19. The fourth-order valence-electron chi connectivity index (χ4n) is 2.25. The molecule has 0 atom stereocenters. The fourth-order valence-corrected chi connectivity index (χ4v) is 2.36. The number of thiol groups is 1. The van der Waals surface area contributed by atoms with Gasteiger partial charge in [0.05, 0.1) is 4.87 Å². The molecule has 114 valence electrons. The van der Waals surface area contributed by atoms with Gasteiger partial charge in [-0.3, -0.25) is 4.90 Å². The first-order chi connectivity index (χ1) is 8.66. The van der Waals surface area contributed by atoms with Crippen LogP contribution in [0.3, 0.4) is 0 Å². The maximum atomic E-state index is 4.48. The standard InChI is InChI=1S/C15H33N3S/c1-14(2,3)6-8-17-10-12-18(13-11-17)9-7-16-15(4,5)19/h16,19H,6-13H2,1-5H3. The lowest BCUT2D eigenvalue weighted by Gasteiger charge is -2.36. The summed E-state index contributed by atoms with van der Waals surface area (Å²) in [5, 5.41) is 3.43. The van der Waals surface area contributed by atoms with Gasteiger partial charge in [-0.15, -0.1) is 0 Å². The van der Waals surface area contributed by atoms with Gasteiger partial charge in [0.25, 0.3) is 0 Å². The number of rotatable bonds is 6. The summed E-state index contributed by atoms with van der Waals surface area (Å²) in [6, 6.07) is 0. The van der Waals surface area contributed by atoms with Crippen LogP contribution in [0.25, 0.3) is 0 Å². The molecule has 0 unspecified atom stereocenters. The summed E-state index contributed by atoms with van der Waals surface area (Å²) < 4.78 is 0. The lowest BCUT2D eigenvalue weighted by molar-refractivity contribution is 0.121. The van der Waals surface area contributed by atoms with Crippen LogP contribution in [0.1, 0.15) is 41.0 Å². The van der Waals surface area contributed by atoms with Gasteiger partial charge < -0.3 is 10.2 Å². The van der Waals surface area contributed by atoms with Crippen LogP contribution in [0.15, 0.2) is 0 Å². The molecule has 0 bridgehead atoms. The third-order valence-electron chi connectivity index (χ3n) is 3.63. The lowest BCUT2D eigenvalue weighted by Crippen LogP contribution is -2.49. The average Bonchev–Trinajstić information content (AvgIpc) is 2.25. The van der Waals surface area contributed by atoms with E-state index in [1.807, 2.05) is 0 Å². The van der Waals surface area contributed by atoms with Gasteiger partial charge >= 0.3 is 0 Å². The van der Waals surface area contributed by atoms with Crippen molar-refractivity contribution >= 4 is 12.6 Å². The van der Waals surface area contributed by atoms with Gasteiger partial charge in [0.15, 0.2) is 0 Å². The van der Waals surface area contributed by atoms with Gasteiger partial charge in [0, 0.05) is 39.3 Å². The Morgan fingerprint density at radius 1 is 0.895 bits per heavy atom. The zero-order valence-electron chi connectivity index (χ0n) is 13.5. The highest BCUT2D eigenvalue weighted by molar-refractivity contribution is 7.81. The van der Waals surface area contributed by atoms with Crippen LogP contribution >= 0.6 is 12.6 Å². The van der Waals surface area contributed by atoms with Crippen molar-refractivity contribution in [3.05, 3.63) is 0 Å². The van der Waals surface area contributed by atoms with Crippen LogP contribution in [-0.4, -0.2) is 60.5 Å². The average molecular weight is 288 g/mol. The Labute approximate surface area is 125 Å². The van der Waals surface area contributed by atoms with E-state index in [0.717, 1.165) is 13.1 Å². The number of nitrogens with one attached hydrogen (secondary N) is 1. The van der Waals surface area contributed by atoms with E-state index in [1.54, 1.807) is 0 Å². The second-order valence-corrected chi connectivity index (χ2v) is 8.60. The highest BCUT2D eigenvalue weighted by Crippen LogP contribution is 2.19. The van der Waals surface area contributed by atoms with Crippen LogP contribution in [0.5, 0.6) is 0 Å². The van der Waals surface area contributed by atoms with Crippen molar-refractivity contribution in [3.8, 4) is 0 Å². The van der Waals surface area contributed by atoms with Crippen LogP contribution in [-0.2, 0) is 0 Å². The number of nitrogens with zero attached hydrogens (tertiary/aromatic N) is 2. The van der Waals surface area contributed by atoms with Gasteiger partial charge in [-0.1, -0.05) is 20.8 Å². The molecule has 1 aliphatic rings. The van der Waals surface area contributed by atoms with E-state index in [-0.39, 0.29) is 4.87 Å². The summed E-state index contributed by atoms with van der Waals surface area (Å²) in [6.07, 6.45) is 1.29. The first-order valence-corrected chi connectivity index (χ1v) is 8.03. The molecule has 0 aromatic heterocycles. The molecule has 19 heavy (non-hydrogen) atoms. The predicted molar refractivity (Wildman–Crippen MR) is 88.0 cm³/mol. The summed E-state index contributed by atoms with van der Waals surface area (Å²) in [5.41, 5.74) is 0.458. The molecule has 0 amide bonds. The molecule has 3 nitrogen and oxygen atoms in total. The maximum Gasteiger partial charge on any atom is 0.0558 e. The van der Waals surface area contributed by atoms with Gasteiger partial charge in [-0.05, 0) is 32.2 Å². The van der Waals surface area contributed by atoms with E-state index in [9.17, 15) is 0 Å². The number of piperazine rings is 1. The van der Waals surface area contributed by atoms with Crippen molar-refractivity contribution in [2.45, 2.75) is 45.9 Å². The Kier molecular flexibility index (Phi) is 6.64. The third kappa shape index (κ3) is 8.90. The van der Waals surface area contributed by atoms with Crippen LogP contribution < -0.4 is 5.32 Å². The molecule has 1 N–H and O–H groups in total. The molecule has 0 aromatic rings. The number of hydrogen-bond acceptors (Lipinski definition) is 4. The van der Waals surface area contributed by atoms with E-state index < -0.39 is 0 Å². The second-order valence-electron chi connectivity index (χ2n) is 7.48. The SMILES string of the molecule is CC(C)(C)CCN1CCN(CCNC(C)(C)S)CC1. The van der Waals surface area contributed by atoms with Gasteiger partial charge in [-0.2, -0.15) is 12.6 Å². The summed E-state index contributed by atoms with van der Waals surface area (Å²) >= 11 is 4.48. The molecular weight excluding hydrogens is 254 g/mol. The van der Waals surface area contributed by atoms with Crippen molar-refractivity contribution in [2.75, 3.05) is 45.8 Å². The zero-order valence-corrected chi connectivity index (χ0v) is 14.4. The molecule has 1 heterocycles. The van der Waals surface area contributed by atoms with Gasteiger partial charge in [0.1, 0.15) is 0 Å². The molecule has 0 aromatic carbocycles. The first-order valence-electron chi connectivity index (χ1n) is 7.58. The molecule has 1 saturated heterocycles. The molecule has 0 spiro atoms. The monoisotopic (exact) mass is 287 g/mol. The summed E-state index contributed by atoms with van der Waals surface area (Å²) in [6.45, 7) is 19.4. The topological polar surface area (TPSA) is 18.5 Å². The Morgan fingerprint density at radius 2 is 1.37 bits per heavy atom. The summed E-state index contributed by atoms with van der Waals surface area (Å²) in [5.74, 6) is 0. The molecule has 0 aliphatic carbocycles. The highest BCUT2D eigenvalue weighted by atomic mass is 32.1. The minimum Gasteiger partial charge on any atom is -0.302 e. The van der Waals surface area contributed by atoms with E-state index in [4.69, 9.17) is 0 Å². The molecular formula is C15H33N3S. The largest absolute Gasteiger partial charge is 0.302 e. The first kappa shape index (κ1) is 17.3. The maximum absolute atomic E-state index is 4.48. The van der Waals surface area contributed by atoms with Crippen LogP contribution in [0, 0.1) is 5.41 Å². The smallest absolute Gasteiger partial charge is 0.0558 e. The van der Waals surface area contributed by atoms with E-state index in [2.05, 4.69) is 62.4 Å². The van der Waals surface area contributed by atoms with Crippen molar-refractivity contribution in [1.29, 1.82) is 0 Å². The van der Waals surface area contributed by atoms with Gasteiger partial charge in [0.2, 0.25) is 0 Å². The predicted octanol–water partition coefficient (Wildman–Crippen LogP) is 2.30. The summed E-state index contributed by atoms with van der Waals surface area (Å²) in [7, 11) is 0. The molecule has 1 fully saturated rings. The Balaban J connectivity index is 2.12. The Morgan fingerprint density at radius 3 is 1.79 bits per heavy atom. The van der Waals surface area contributed by atoms with Crippen molar-refractivity contribution in [3.63, 3.8) is 0 Å². The third-order valence-corrected chi connectivity index (χ3v) is 3.79. The molecule has 0 radical (unpaired) electrons. The van der Waals surface area contributed by atoms with E-state index >= 15 is 0 Å². The minimum atomic E-state index is -0.0610. The Hall–Kier alpha value is 0.230. The fraction of sp³-hybridized carbons (Fsp3) is 1.00. The van der Waals surface area contributed by atoms with Gasteiger partial charge in [-0.25, -0.2) is 0 Å². The molecule has 1 rings (SSSR count). The zero-order chi connectivity index (χ0) is 14.5. The number of hydrogen-bond donors (Lipinski definition) is 2. The van der Waals surface area contributed by atoms with Crippen molar-refractivity contribution in [1.82, 2.24) is 15.1 Å². The van der Waals surface area contributed by atoms with Crippen LogP contribution in [0.2, 0.25) is 0 Å². The van der Waals surface area contributed by atoms with E-state index in [0.29, 0.717) is 5.41 Å². The molecule has 0 saturated carbocycles. The second kappa shape index (κ2) is 7.30.